The molecule has 2 heterocycles. The zero-order chi connectivity index (χ0) is 17.6. The Morgan fingerprint density at radius 2 is 1.84 bits per heavy atom. The Hall–Kier alpha value is -2.55. The number of nitrogens with zero attached hydrogens (tertiary/aromatic N) is 2. The van der Waals surface area contributed by atoms with Crippen LogP contribution in [-0.2, 0) is 6.42 Å². The first-order valence-electron chi connectivity index (χ1n) is 8.93. The Balaban J connectivity index is 1.88. The quantitative estimate of drug-likeness (QED) is 0.645. The SMILES string of the molecule is COc1ccc2nc(C)c3c(c2c1)N(c1ccc(C(C)C)cc1)CC3. The number of aryl methyl sites for hydroxylation is 1. The number of ether oxygens (including phenoxy) is 1. The molecule has 128 valence electrons. The van der Waals surface area contributed by atoms with Crippen LogP contribution in [0.2, 0.25) is 0 Å². The Kier molecular flexibility index (Phi) is 3.87. The molecule has 25 heavy (non-hydrogen) atoms. The second kappa shape index (κ2) is 6.07. The van der Waals surface area contributed by atoms with E-state index in [4.69, 9.17) is 9.72 Å². The molecule has 1 aromatic heterocycles. The summed E-state index contributed by atoms with van der Waals surface area (Å²) in [6.45, 7) is 7.58. The van der Waals surface area contributed by atoms with Gasteiger partial charge in [0.25, 0.3) is 0 Å². The summed E-state index contributed by atoms with van der Waals surface area (Å²) in [5.41, 5.74) is 7.43. The predicted molar refractivity (Wildman–Crippen MR) is 104 cm³/mol. The summed E-state index contributed by atoms with van der Waals surface area (Å²) in [5, 5.41) is 1.17. The Labute approximate surface area is 149 Å². The smallest absolute Gasteiger partial charge is 0.119 e. The van der Waals surface area contributed by atoms with Gasteiger partial charge >= 0.3 is 0 Å². The van der Waals surface area contributed by atoms with Crippen molar-refractivity contribution in [1.29, 1.82) is 0 Å². The number of anilines is 2. The molecule has 3 aromatic rings. The molecule has 0 aliphatic carbocycles. The molecule has 2 aromatic carbocycles. The fraction of sp³-hybridized carbons (Fsp3) is 0.318. The van der Waals surface area contributed by atoms with E-state index in [0.717, 1.165) is 29.9 Å². The lowest BCUT2D eigenvalue weighted by molar-refractivity contribution is 0.415. The van der Waals surface area contributed by atoms with Crippen molar-refractivity contribution in [2.75, 3.05) is 18.6 Å². The van der Waals surface area contributed by atoms with Gasteiger partial charge in [-0.3, -0.25) is 4.98 Å². The van der Waals surface area contributed by atoms with Gasteiger partial charge in [0.1, 0.15) is 5.75 Å². The van der Waals surface area contributed by atoms with Gasteiger partial charge in [0.15, 0.2) is 0 Å². The van der Waals surface area contributed by atoms with Crippen LogP contribution in [0.25, 0.3) is 10.9 Å². The number of benzene rings is 2. The average molecular weight is 332 g/mol. The van der Waals surface area contributed by atoms with E-state index < -0.39 is 0 Å². The van der Waals surface area contributed by atoms with E-state index in [2.05, 4.69) is 62.1 Å². The molecule has 0 radical (unpaired) electrons. The maximum atomic E-state index is 5.45. The average Bonchev–Trinajstić information content (AvgIpc) is 3.07. The van der Waals surface area contributed by atoms with Gasteiger partial charge in [-0.1, -0.05) is 26.0 Å². The summed E-state index contributed by atoms with van der Waals surface area (Å²) >= 11 is 0. The van der Waals surface area contributed by atoms with Crippen LogP contribution in [0.3, 0.4) is 0 Å². The minimum absolute atomic E-state index is 0.552. The number of hydrogen-bond donors (Lipinski definition) is 0. The van der Waals surface area contributed by atoms with Gasteiger partial charge in [-0.15, -0.1) is 0 Å². The molecular formula is C22H24N2O. The van der Waals surface area contributed by atoms with E-state index in [1.807, 2.05) is 6.07 Å². The number of methoxy groups -OCH3 is 1. The van der Waals surface area contributed by atoms with Crippen LogP contribution in [0.1, 0.15) is 36.6 Å². The van der Waals surface area contributed by atoms with E-state index in [0.29, 0.717) is 5.92 Å². The van der Waals surface area contributed by atoms with Crippen molar-refractivity contribution in [2.24, 2.45) is 0 Å². The second-order valence-electron chi connectivity index (χ2n) is 7.06. The normalized spacial score (nSPS) is 13.6. The summed E-state index contributed by atoms with van der Waals surface area (Å²) in [6, 6.07) is 15.1. The molecule has 0 spiro atoms. The van der Waals surface area contributed by atoms with E-state index in [9.17, 15) is 0 Å². The Morgan fingerprint density at radius 1 is 1.08 bits per heavy atom. The molecule has 0 amide bonds. The van der Waals surface area contributed by atoms with Crippen molar-refractivity contribution < 1.29 is 4.74 Å². The molecule has 3 nitrogen and oxygen atoms in total. The minimum Gasteiger partial charge on any atom is -0.497 e. The minimum atomic E-state index is 0.552. The molecule has 0 saturated heterocycles. The fourth-order valence-corrected chi connectivity index (χ4v) is 3.75. The topological polar surface area (TPSA) is 25.4 Å². The number of aromatic nitrogens is 1. The van der Waals surface area contributed by atoms with Crippen LogP contribution in [0.5, 0.6) is 5.75 Å². The van der Waals surface area contributed by atoms with E-state index in [-0.39, 0.29) is 0 Å². The van der Waals surface area contributed by atoms with Gasteiger partial charge in [-0.2, -0.15) is 0 Å². The lowest BCUT2D eigenvalue weighted by Crippen LogP contribution is -2.13. The summed E-state index contributed by atoms with van der Waals surface area (Å²) in [4.78, 5) is 7.23. The van der Waals surface area contributed by atoms with Crippen molar-refractivity contribution in [3.63, 3.8) is 0 Å². The third-order valence-corrected chi connectivity index (χ3v) is 5.20. The van der Waals surface area contributed by atoms with Gasteiger partial charge in [0.2, 0.25) is 0 Å². The molecule has 0 atom stereocenters. The molecule has 4 rings (SSSR count). The predicted octanol–water partition coefficient (Wildman–Crippen LogP) is 5.37. The Morgan fingerprint density at radius 3 is 2.52 bits per heavy atom. The first-order chi connectivity index (χ1) is 12.1. The first kappa shape index (κ1) is 15.9. The largest absolute Gasteiger partial charge is 0.497 e. The van der Waals surface area contributed by atoms with Gasteiger partial charge < -0.3 is 9.64 Å². The highest BCUT2D eigenvalue weighted by Gasteiger charge is 2.26. The van der Waals surface area contributed by atoms with Gasteiger partial charge in [-0.05, 0) is 60.7 Å². The fourth-order valence-electron chi connectivity index (χ4n) is 3.75. The van der Waals surface area contributed by atoms with Gasteiger partial charge in [-0.25, -0.2) is 0 Å². The highest BCUT2D eigenvalue weighted by Crippen LogP contribution is 2.42. The third kappa shape index (κ3) is 2.64. The zero-order valence-corrected chi connectivity index (χ0v) is 15.3. The molecule has 0 saturated carbocycles. The van der Waals surface area contributed by atoms with Crippen LogP contribution in [0.4, 0.5) is 11.4 Å². The van der Waals surface area contributed by atoms with Crippen molar-refractivity contribution in [3.05, 3.63) is 59.3 Å². The standard InChI is InChI=1S/C22H24N2O/c1-14(2)16-5-7-17(8-6-16)24-12-11-19-15(3)23-21-10-9-18(25-4)13-20(21)22(19)24/h5-10,13-14H,11-12H2,1-4H3. The molecule has 1 aliphatic rings. The van der Waals surface area contributed by atoms with E-state index >= 15 is 0 Å². The second-order valence-corrected chi connectivity index (χ2v) is 7.06. The number of pyridine rings is 1. The Bertz CT molecular complexity index is 929. The first-order valence-corrected chi connectivity index (χ1v) is 8.93. The molecule has 0 fully saturated rings. The lowest BCUT2D eigenvalue weighted by atomic mass is 10.0. The number of rotatable bonds is 3. The van der Waals surface area contributed by atoms with Gasteiger partial charge in [0, 0.05) is 23.3 Å². The number of fused-ring (bicyclic) bond motifs is 3. The van der Waals surface area contributed by atoms with Crippen LogP contribution in [0.15, 0.2) is 42.5 Å². The molecule has 0 N–H and O–H groups in total. The van der Waals surface area contributed by atoms with Crippen molar-refractivity contribution >= 4 is 22.3 Å². The zero-order valence-electron chi connectivity index (χ0n) is 15.3. The van der Waals surface area contributed by atoms with Crippen LogP contribution >= 0.6 is 0 Å². The molecule has 1 aliphatic heterocycles. The highest BCUT2D eigenvalue weighted by molar-refractivity contribution is 5.98. The molecule has 0 bridgehead atoms. The van der Waals surface area contributed by atoms with E-state index in [1.165, 1.54) is 27.9 Å². The summed E-state index contributed by atoms with van der Waals surface area (Å²) in [7, 11) is 1.71. The van der Waals surface area contributed by atoms with Crippen LogP contribution < -0.4 is 9.64 Å². The maximum absolute atomic E-state index is 5.45. The maximum Gasteiger partial charge on any atom is 0.119 e. The molecule has 3 heteroatoms. The van der Waals surface area contributed by atoms with Crippen LogP contribution in [0, 0.1) is 6.92 Å². The van der Waals surface area contributed by atoms with Crippen LogP contribution in [-0.4, -0.2) is 18.6 Å². The highest BCUT2D eigenvalue weighted by atomic mass is 16.5. The monoisotopic (exact) mass is 332 g/mol. The van der Waals surface area contributed by atoms with Gasteiger partial charge in [0.05, 0.1) is 18.3 Å². The van der Waals surface area contributed by atoms with Crippen molar-refractivity contribution in [3.8, 4) is 5.75 Å². The summed E-state index contributed by atoms with van der Waals surface area (Å²) in [5.74, 6) is 1.43. The molecule has 0 unspecified atom stereocenters. The third-order valence-electron chi connectivity index (χ3n) is 5.20. The summed E-state index contributed by atoms with van der Waals surface area (Å²) in [6.07, 6.45) is 1.03. The van der Waals surface area contributed by atoms with Crippen molar-refractivity contribution in [2.45, 2.75) is 33.1 Å². The summed E-state index contributed by atoms with van der Waals surface area (Å²) < 4.78 is 5.45. The lowest BCUT2D eigenvalue weighted by Gasteiger charge is -2.22. The molecular weight excluding hydrogens is 308 g/mol. The van der Waals surface area contributed by atoms with Crippen molar-refractivity contribution in [1.82, 2.24) is 4.98 Å². The number of hydrogen-bond acceptors (Lipinski definition) is 3. The van der Waals surface area contributed by atoms with E-state index in [1.54, 1.807) is 7.11 Å².